The third-order valence-corrected chi connectivity index (χ3v) is 5.59. The number of nitrogens with one attached hydrogen (secondary N) is 1. The van der Waals surface area contributed by atoms with Gasteiger partial charge in [-0.15, -0.1) is 0 Å². The Balaban J connectivity index is 1.72. The molecule has 0 bridgehead atoms. The molecule has 1 unspecified atom stereocenters. The van der Waals surface area contributed by atoms with Crippen LogP contribution in [0.5, 0.6) is 5.75 Å². The first-order valence-electron chi connectivity index (χ1n) is 10.2. The maximum absolute atomic E-state index is 12.8. The molecular formula is C22H32N2O3. The molecule has 1 N–H and O–H groups in total. The number of amides is 2. The lowest BCUT2D eigenvalue weighted by Crippen LogP contribution is -2.44. The molecule has 2 amide bonds. The van der Waals surface area contributed by atoms with E-state index in [4.69, 9.17) is 4.74 Å². The fourth-order valence-corrected chi connectivity index (χ4v) is 4.03. The molecule has 1 heterocycles. The van der Waals surface area contributed by atoms with Crippen molar-refractivity contribution in [3.05, 3.63) is 18.2 Å². The SMILES string of the molecule is CC(CC1CCCC1)C(=O)Nc1ccc2c(c1)N(C(=O)C(C)(C)C)CCO2. The fourth-order valence-electron chi connectivity index (χ4n) is 4.03. The topological polar surface area (TPSA) is 58.6 Å². The van der Waals surface area contributed by atoms with Crippen molar-refractivity contribution in [2.45, 2.75) is 59.8 Å². The van der Waals surface area contributed by atoms with Crippen LogP contribution in [0.4, 0.5) is 11.4 Å². The molecule has 1 aliphatic carbocycles. The molecule has 1 aromatic rings. The molecule has 2 aliphatic rings. The van der Waals surface area contributed by atoms with Gasteiger partial charge in [-0.3, -0.25) is 9.59 Å². The number of fused-ring (bicyclic) bond motifs is 1. The van der Waals surface area contributed by atoms with Crippen molar-refractivity contribution in [2.75, 3.05) is 23.4 Å². The van der Waals surface area contributed by atoms with Gasteiger partial charge in [-0.25, -0.2) is 0 Å². The summed E-state index contributed by atoms with van der Waals surface area (Å²) in [5, 5.41) is 3.03. The third-order valence-electron chi connectivity index (χ3n) is 5.59. The van der Waals surface area contributed by atoms with E-state index in [1.165, 1.54) is 25.7 Å². The van der Waals surface area contributed by atoms with Gasteiger partial charge in [0.05, 0.1) is 12.2 Å². The van der Waals surface area contributed by atoms with E-state index in [2.05, 4.69) is 5.32 Å². The highest BCUT2D eigenvalue weighted by Crippen LogP contribution is 2.37. The van der Waals surface area contributed by atoms with E-state index in [0.29, 0.717) is 30.5 Å². The summed E-state index contributed by atoms with van der Waals surface area (Å²) in [7, 11) is 0. The minimum absolute atomic E-state index is 0.00677. The molecule has 1 aliphatic heterocycles. The maximum Gasteiger partial charge on any atom is 0.232 e. The summed E-state index contributed by atoms with van der Waals surface area (Å²) >= 11 is 0. The number of carbonyl (C=O) groups is 2. The predicted octanol–water partition coefficient (Wildman–Crippen LogP) is 4.61. The van der Waals surface area contributed by atoms with Gasteiger partial charge in [0.25, 0.3) is 0 Å². The lowest BCUT2D eigenvalue weighted by molar-refractivity contribution is -0.126. The van der Waals surface area contributed by atoms with Crippen LogP contribution in [0.2, 0.25) is 0 Å². The number of nitrogens with zero attached hydrogens (tertiary/aromatic N) is 1. The van der Waals surface area contributed by atoms with Crippen LogP contribution in [0, 0.1) is 17.3 Å². The largest absolute Gasteiger partial charge is 0.490 e. The predicted molar refractivity (Wildman–Crippen MR) is 108 cm³/mol. The smallest absolute Gasteiger partial charge is 0.232 e. The fraction of sp³-hybridized carbons (Fsp3) is 0.636. The zero-order valence-electron chi connectivity index (χ0n) is 17.0. The summed E-state index contributed by atoms with van der Waals surface area (Å²) in [6, 6.07) is 5.55. The Morgan fingerprint density at radius 2 is 1.96 bits per heavy atom. The molecular weight excluding hydrogens is 340 g/mol. The number of benzene rings is 1. The summed E-state index contributed by atoms with van der Waals surface area (Å²) < 4.78 is 5.71. The van der Waals surface area contributed by atoms with Gasteiger partial charge >= 0.3 is 0 Å². The molecule has 0 aromatic heterocycles. The van der Waals surface area contributed by atoms with Crippen molar-refractivity contribution in [3.63, 3.8) is 0 Å². The average molecular weight is 373 g/mol. The van der Waals surface area contributed by atoms with Crippen LogP contribution in [0.25, 0.3) is 0 Å². The normalized spacial score (nSPS) is 18.6. The van der Waals surface area contributed by atoms with E-state index in [1.807, 2.05) is 45.9 Å². The molecule has 1 fully saturated rings. The maximum atomic E-state index is 12.8. The zero-order chi connectivity index (χ0) is 19.6. The molecule has 0 spiro atoms. The van der Waals surface area contributed by atoms with Gasteiger partial charge in [0.2, 0.25) is 11.8 Å². The van der Waals surface area contributed by atoms with Crippen LogP contribution in [0.1, 0.15) is 59.8 Å². The zero-order valence-corrected chi connectivity index (χ0v) is 17.0. The highest BCUT2D eigenvalue weighted by Gasteiger charge is 2.32. The standard InChI is InChI=1S/C22H32N2O3/c1-15(13-16-7-5-6-8-16)20(25)23-17-9-10-19-18(14-17)24(11-12-27-19)21(26)22(2,3)4/h9-10,14-16H,5-8,11-13H2,1-4H3,(H,23,25). The van der Waals surface area contributed by atoms with E-state index < -0.39 is 5.41 Å². The third kappa shape index (κ3) is 4.63. The summed E-state index contributed by atoms with van der Waals surface area (Å²) in [4.78, 5) is 27.2. The minimum Gasteiger partial charge on any atom is -0.490 e. The molecule has 1 aromatic carbocycles. The van der Waals surface area contributed by atoms with Crippen LogP contribution in [0.3, 0.4) is 0 Å². The lowest BCUT2D eigenvalue weighted by atomic mass is 9.93. The Morgan fingerprint density at radius 3 is 2.63 bits per heavy atom. The van der Waals surface area contributed by atoms with Gasteiger partial charge in [0, 0.05) is 17.0 Å². The van der Waals surface area contributed by atoms with Crippen molar-refractivity contribution in [1.29, 1.82) is 0 Å². The van der Waals surface area contributed by atoms with Crippen molar-refractivity contribution >= 4 is 23.2 Å². The number of hydrogen-bond donors (Lipinski definition) is 1. The van der Waals surface area contributed by atoms with Gasteiger partial charge in [0.1, 0.15) is 12.4 Å². The molecule has 5 nitrogen and oxygen atoms in total. The molecule has 3 rings (SSSR count). The van der Waals surface area contributed by atoms with Crippen molar-refractivity contribution in [3.8, 4) is 5.75 Å². The molecule has 0 saturated heterocycles. The summed E-state index contributed by atoms with van der Waals surface area (Å²) in [5.41, 5.74) is 0.987. The summed E-state index contributed by atoms with van der Waals surface area (Å²) in [6.07, 6.45) is 6.03. The highest BCUT2D eigenvalue weighted by atomic mass is 16.5. The summed E-state index contributed by atoms with van der Waals surface area (Å²) in [6.45, 7) is 8.77. The van der Waals surface area contributed by atoms with Crippen molar-refractivity contribution in [2.24, 2.45) is 17.3 Å². The van der Waals surface area contributed by atoms with Crippen molar-refractivity contribution < 1.29 is 14.3 Å². The van der Waals surface area contributed by atoms with Gasteiger partial charge in [0.15, 0.2) is 0 Å². The first kappa shape index (κ1) is 19.7. The monoisotopic (exact) mass is 372 g/mol. The second-order valence-electron chi connectivity index (χ2n) is 9.01. The molecule has 1 saturated carbocycles. The van der Waals surface area contributed by atoms with Crippen LogP contribution >= 0.6 is 0 Å². The Bertz CT molecular complexity index is 702. The van der Waals surface area contributed by atoms with Crippen LogP contribution in [-0.4, -0.2) is 25.0 Å². The summed E-state index contributed by atoms with van der Waals surface area (Å²) in [5.74, 6) is 1.48. The number of anilines is 2. The Hall–Kier alpha value is -2.04. The Morgan fingerprint density at radius 1 is 1.26 bits per heavy atom. The van der Waals surface area contributed by atoms with E-state index in [-0.39, 0.29) is 17.7 Å². The van der Waals surface area contributed by atoms with Gasteiger partial charge in [-0.2, -0.15) is 0 Å². The number of ether oxygens (including phenoxy) is 1. The van der Waals surface area contributed by atoms with Crippen molar-refractivity contribution in [1.82, 2.24) is 0 Å². The van der Waals surface area contributed by atoms with Gasteiger partial charge in [-0.1, -0.05) is 53.4 Å². The second-order valence-corrected chi connectivity index (χ2v) is 9.01. The van der Waals surface area contributed by atoms with Gasteiger partial charge < -0.3 is 15.0 Å². The first-order chi connectivity index (χ1) is 12.8. The lowest BCUT2D eigenvalue weighted by Gasteiger charge is -2.34. The van der Waals surface area contributed by atoms with Crippen LogP contribution < -0.4 is 15.0 Å². The number of rotatable bonds is 4. The van der Waals surface area contributed by atoms with Crippen LogP contribution in [0.15, 0.2) is 18.2 Å². The Labute approximate surface area is 162 Å². The van der Waals surface area contributed by atoms with E-state index in [1.54, 1.807) is 4.90 Å². The van der Waals surface area contributed by atoms with E-state index in [9.17, 15) is 9.59 Å². The molecule has 1 atom stereocenters. The molecule has 5 heteroatoms. The quantitative estimate of drug-likeness (QED) is 0.839. The van der Waals surface area contributed by atoms with Crippen LogP contribution in [-0.2, 0) is 9.59 Å². The molecule has 27 heavy (non-hydrogen) atoms. The minimum atomic E-state index is -0.469. The average Bonchev–Trinajstić information content (AvgIpc) is 3.12. The molecule has 148 valence electrons. The number of carbonyl (C=O) groups excluding carboxylic acids is 2. The van der Waals surface area contributed by atoms with E-state index in [0.717, 1.165) is 12.1 Å². The number of hydrogen-bond acceptors (Lipinski definition) is 3. The highest BCUT2D eigenvalue weighted by molar-refractivity contribution is 6.00. The van der Waals surface area contributed by atoms with Gasteiger partial charge in [-0.05, 0) is 30.5 Å². The first-order valence-corrected chi connectivity index (χ1v) is 10.2. The second kappa shape index (κ2) is 7.91. The Kier molecular flexibility index (Phi) is 5.78. The molecule has 0 radical (unpaired) electrons. The van der Waals surface area contributed by atoms with E-state index >= 15 is 0 Å².